The van der Waals surface area contributed by atoms with Gasteiger partial charge in [0.2, 0.25) is 5.82 Å². The topological polar surface area (TPSA) is 78.7 Å². The van der Waals surface area contributed by atoms with Gasteiger partial charge in [-0.2, -0.15) is 23.3 Å². The van der Waals surface area contributed by atoms with Crippen molar-refractivity contribution in [3.63, 3.8) is 0 Å². The Bertz CT molecular complexity index is 1190. The van der Waals surface area contributed by atoms with E-state index in [-0.39, 0.29) is 11.4 Å². The molecule has 0 aliphatic rings. The summed E-state index contributed by atoms with van der Waals surface area (Å²) in [6.45, 7) is 0.294. The average Bonchev–Trinajstić information content (AvgIpc) is 3.25. The molecule has 0 bridgehead atoms. The summed E-state index contributed by atoms with van der Waals surface area (Å²) in [6.07, 6.45) is -1.53. The van der Waals surface area contributed by atoms with Crippen LogP contribution in [-0.4, -0.2) is 24.5 Å². The molecule has 0 saturated carbocycles. The molecule has 0 unspecified atom stereocenters. The number of rotatable bonds is 3. The highest BCUT2D eigenvalue weighted by molar-refractivity contribution is 5.82. The average molecular weight is 375 g/mol. The van der Waals surface area contributed by atoms with E-state index in [1.165, 1.54) is 22.9 Å². The molecular weight excluding hydrogens is 363 g/mol. The lowest BCUT2D eigenvalue weighted by atomic mass is 10.1. The maximum absolute atomic E-state index is 12.6. The highest BCUT2D eigenvalue weighted by Gasteiger charge is 2.38. The molecule has 3 aromatic heterocycles. The van der Waals surface area contributed by atoms with E-state index >= 15 is 0 Å². The molecular formula is C17H12F3N5O2. The van der Waals surface area contributed by atoms with Crippen LogP contribution >= 0.6 is 0 Å². The van der Waals surface area contributed by atoms with Crippen LogP contribution in [0.5, 0.6) is 0 Å². The second-order valence-corrected chi connectivity index (χ2v) is 5.92. The summed E-state index contributed by atoms with van der Waals surface area (Å²) in [6, 6.07) is 8.33. The Morgan fingerprint density at radius 2 is 2.04 bits per heavy atom. The summed E-state index contributed by atoms with van der Waals surface area (Å²) in [5, 5.41) is 8.41. The van der Waals surface area contributed by atoms with Crippen LogP contribution in [0.4, 0.5) is 13.2 Å². The molecule has 0 aliphatic heterocycles. The van der Waals surface area contributed by atoms with E-state index in [1.807, 2.05) is 25.2 Å². The summed E-state index contributed by atoms with van der Waals surface area (Å²) in [5.41, 5.74) is 1.58. The number of hydrogen-bond donors (Lipinski definition) is 0. The summed E-state index contributed by atoms with van der Waals surface area (Å²) < 4.78 is 45.1. The van der Waals surface area contributed by atoms with Crippen molar-refractivity contribution in [2.24, 2.45) is 7.05 Å². The predicted octanol–water partition coefficient (Wildman–Crippen LogP) is 2.85. The fraction of sp³-hybridized carbons (Fsp3) is 0.176. The molecule has 4 aromatic rings. The summed E-state index contributed by atoms with van der Waals surface area (Å²) in [4.78, 5) is 15.7. The maximum atomic E-state index is 12.6. The van der Waals surface area contributed by atoms with E-state index in [1.54, 1.807) is 10.9 Å². The van der Waals surface area contributed by atoms with Gasteiger partial charge in [0, 0.05) is 30.3 Å². The third-order valence-corrected chi connectivity index (χ3v) is 4.15. The summed E-state index contributed by atoms with van der Waals surface area (Å²) >= 11 is 0. The lowest BCUT2D eigenvalue weighted by Gasteiger charge is -2.07. The van der Waals surface area contributed by atoms with Gasteiger partial charge < -0.3 is 9.09 Å². The van der Waals surface area contributed by atoms with Crippen LogP contribution in [0.15, 0.2) is 52.0 Å². The minimum atomic E-state index is -4.73. The van der Waals surface area contributed by atoms with E-state index in [4.69, 9.17) is 0 Å². The molecule has 10 heteroatoms. The van der Waals surface area contributed by atoms with Crippen molar-refractivity contribution in [3.05, 3.63) is 64.5 Å². The van der Waals surface area contributed by atoms with Crippen molar-refractivity contribution in [1.29, 1.82) is 0 Å². The van der Waals surface area contributed by atoms with Gasteiger partial charge in [-0.25, -0.2) is 0 Å². The molecule has 0 N–H and O–H groups in total. The Morgan fingerprint density at radius 1 is 1.22 bits per heavy atom. The van der Waals surface area contributed by atoms with E-state index < -0.39 is 17.6 Å². The Morgan fingerprint density at radius 3 is 2.74 bits per heavy atom. The third kappa shape index (κ3) is 3.09. The van der Waals surface area contributed by atoms with Crippen LogP contribution in [-0.2, 0) is 19.8 Å². The molecule has 27 heavy (non-hydrogen) atoms. The lowest BCUT2D eigenvalue weighted by Crippen LogP contribution is -2.19. The zero-order valence-electron chi connectivity index (χ0n) is 13.9. The van der Waals surface area contributed by atoms with E-state index in [2.05, 4.69) is 19.8 Å². The van der Waals surface area contributed by atoms with Gasteiger partial charge >= 0.3 is 12.1 Å². The van der Waals surface area contributed by atoms with Crippen molar-refractivity contribution >= 4 is 10.9 Å². The molecule has 1 aromatic carbocycles. The number of aromatic nitrogens is 5. The standard InChI is InChI=1S/C17H12F3N5O2/c1-24-13-4-2-3-11(12(13)8-21-24)9-25-6-5-10(7-14(25)26)15-22-16(27-23-15)17(18,19)20/h2-8H,9H2,1H3. The highest BCUT2D eigenvalue weighted by atomic mass is 19.4. The minimum absolute atomic E-state index is 0.148. The Balaban J connectivity index is 1.66. The van der Waals surface area contributed by atoms with Crippen molar-refractivity contribution in [3.8, 4) is 11.4 Å². The molecule has 0 spiro atoms. The molecule has 0 saturated heterocycles. The quantitative estimate of drug-likeness (QED) is 0.550. The SMILES string of the molecule is Cn1ncc2c(Cn3ccc(-c4noc(C(F)(F)F)n4)cc3=O)cccc21. The van der Waals surface area contributed by atoms with Crippen LogP contribution in [0.25, 0.3) is 22.3 Å². The van der Waals surface area contributed by atoms with Gasteiger partial charge in [-0.15, -0.1) is 0 Å². The zero-order chi connectivity index (χ0) is 19.2. The van der Waals surface area contributed by atoms with E-state index in [9.17, 15) is 18.0 Å². The van der Waals surface area contributed by atoms with Crippen molar-refractivity contribution in [1.82, 2.24) is 24.5 Å². The van der Waals surface area contributed by atoms with Crippen LogP contribution in [0, 0.1) is 0 Å². The van der Waals surface area contributed by atoms with Gasteiger partial charge in [-0.1, -0.05) is 17.3 Å². The number of alkyl halides is 3. The molecule has 138 valence electrons. The number of aryl methyl sites for hydroxylation is 1. The van der Waals surface area contributed by atoms with Crippen LogP contribution in [0.3, 0.4) is 0 Å². The third-order valence-electron chi connectivity index (χ3n) is 4.15. The largest absolute Gasteiger partial charge is 0.471 e. The number of fused-ring (bicyclic) bond motifs is 1. The number of benzene rings is 1. The van der Waals surface area contributed by atoms with Gasteiger partial charge in [-0.3, -0.25) is 9.48 Å². The Kier molecular flexibility index (Phi) is 3.83. The monoisotopic (exact) mass is 375 g/mol. The maximum Gasteiger partial charge on any atom is 0.471 e. The highest BCUT2D eigenvalue weighted by Crippen LogP contribution is 2.29. The first-order chi connectivity index (χ1) is 12.8. The number of halogens is 3. The van der Waals surface area contributed by atoms with Crippen LogP contribution < -0.4 is 5.56 Å². The van der Waals surface area contributed by atoms with Crippen molar-refractivity contribution in [2.45, 2.75) is 12.7 Å². The first kappa shape index (κ1) is 17.0. The number of nitrogens with zero attached hydrogens (tertiary/aromatic N) is 5. The van der Waals surface area contributed by atoms with Gasteiger partial charge in [-0.05, 0) is 17.7 Å². The van der Waals surface area contributed by atoms with Gasteiger partial charge in [0.1, 0.15) is 0 Å². The molecule has 3 heterocycles. The predicted molar refractivity (Wildman–Crippen MR) is 88.8 cm³/mol. The number of pyridine rings is 1. The first-order valence-corrected chi connectivity index (χ1v) is 7.84. The van der Waals surface area contributed by atoms with Crippen molar-refractivity contribution in [2.75, 3.05) is 0 Å². The molecule has 0 radical (unpaired) electrons. The Hall–Kier alpha value is -3.43. The van der Waals surface area contributed by atoms with Crippen molar-refractivity contribution < 1.29 is 17.7 Å². The lowest BCUT2D eigenvalue weighted by molar-refractivity contribution is -0.159. The molecule has 0 aliphatic carbocycles. The summed E-state index contributed by atoms with van der Waals surface area (Å²) in [7, 11) is 1.83. The Labute approximate surface area is 149 Å². The smallest absolute Gasteiger partial charge is 0.329 e. The van der Waals surface area contributed by atoms with E-state index in [0.717, 1.165) is 16.5 Å². The second kappa shape index (κ2) is 6.08. The van der Waals surface area contributed by atoms with Crippen LogP contribution in [0.2, 0.25) is 0 Å². The molecule has 4 rings (SSSR count). The van der Waals surface area contributed by atoms with Gasteiger partial charge in [0.05, 0.1) is 18.3 Å². The van der Waals surface area contributed by atoms with E-state index in [0.29, 0.717) is 6.54 Å². The fourth-order valence-corrected chi connectivity index (χ4v) is 2.79. The molecule has 0 fully saturated rings. The summed E-state index contributed by atoms with van der Waals surface area (Å²) in [5.74, 6) is -1.74. The zero-order valence-corrected chi connectivity index (χ0v) is 13.9. The molecule has 0 amide bonds. The van der Waals surface area contributed by atoms with Gasteiger partial charge in [0.25, 0.3) is 5.56 Å². The first-order valence-electron chi connectivity index (χ1n) is 7.84. The normalized spacial score (nSPS) is 12.0. The second-order valence-electron chi connectivity index (χ2n) is 5.92. The molecule has 0 atom stereocenters. The fourth-order valence-electron chi connectivity index (χ4n) is 2.79. The minimum Gasteiger partial charge on any atom is -0.329 e. The molecule has 7 nitrogen and oxygen atoms in total. The van der Waals surface area contributed by atoms with Crippen LogP contribution in [0.1, 0.15) is 11.5 Å². The number of hydrogen-bond acceptors (Lipinski definition) is 5. The van der Waals surface area contributed by atoms with Gasteiger partial charge in [0.15, 0.2) is 0 Å².